The molecule has 1 saturated heterocycles. The smallest absolute Gasteiger partial charge is 0.410 e. The van der Waals surface area contributed by atoms with Crippen molar-refractivity contribution in [2.75, 3.05) is 33.3 Å². The molecule has 2 aromatic rings. The molecule has 1 amide bonds. The number of benzene rings is 1. The maximum atomic E-state index is 12.7. The molecule has 1 atom stereocenters. The summed E-state index contributed by atoms with van der Waals surface area (Å²) in [7, 11) is 1.39. The Morgan fingerprint density at radius 1 is 1.12 bits per heavy atom. The molecular weight excluding hydrogens is 486 g/mol. The van der Waals surface area contributed by atoms with Gasteiger partial charge in [0.15, 0.2) is 0 Å². The van der Waals surface area contributed by atoms with Gasteiger partial charge in [-0.15, -0.1) is 0 Å². The van der Waals surface area contributed by atoms with Gasteiger partial charge in [-0.3, -0.25) is 9.88 Å². The number of hydrogen-bond acceptors (Lipinski definition) is 6. The molecule has 1 aromatic carbocycles. The molecule has 7 nitrogen and oxygen atoms in total. The first kappa shape index (κ1) is 23.4. The highest BCUT2D eigenvalue weighted by molar-refractivity contribution is 9.10. The van der Waals surface area contributed by atoms with Gasteiger partial charge in [-0.1, -0.05) is 24.3 Å². The lowest BCUT2D eigenvalue weighted by Crippen LogP contribution is -2.51. The normalized spacial score (nSPS) is 18.5. The summed E-state index contributed by atoms with van der Waals surface area (Å²) in [6, 6.07) is 9.69. The summed E-state index contributed by atoms with van der Waals surface area (Å²) in [5.74, 6) is -0.385. The van der Waals surface area contributed by atoms with Crippen molar-refractivity contribution in [1.29, 1.82) is 0 Å². The summed E-state index contributed by atoms with van der Waals surface area (Å²) >= 11 is 3.51. The van der Waals surface area contributed by atoms with Crippen molar-refractivity contribution >= 4 is 39.6 Å². The van der Waals surface area contributed by atoms with E-state index < -0.39 is 5.60 Å². The molecular formula is C25H28BrN3O4. The molecule has 1 aliphatic carbocycles. The average molecular weight is 514 g/mol. The topological polar surface area (TPSA) is 72.0 Å². The highest BCUT2D eigenvalue weighted by atomic mass is 79.9. The number of amides is 1. The molecule has 4 rings (SSSR count). The molecule has 2 heterocycles. The number of rotatable bonds is 2. The van der Waals surface area contributed by atoms with Crippen LogP contribution in [0.4, 0.5) is 4.79 Å². The molecule has 174 valence electrons. The van der Waals surface area contributed by atoms with E-state index >= 15 is 0 Å². The highest BCUT2D eigenvalue weighted by Gasteiger charge is 2.35. The minimum absolute atomic E-state index is 0.163. The molecule has 1 aromatic heterocycles. The molecule has 8 heteroatoms. The number of esters is 1. The zero-order chi connectivity index (χ0) is 23.8. The van der Waals surface area contributed by atoms with Crippen LogP contribution in [-0.4, -0.2) is 65.7 Å². The Morgan fingerprint density at radius 3 is 2.48 bits per heavy atom. The second kappa shape index (κ2) is 9.27. The van der Waals surface area contributed by atoms with Crippen LogP contribution in [0.3, 0.4) is 0 Å². The Labute approximate surface area is 202 Å². The Balaban J connectivity index is 1.70. The number of pyridine rings is 1. The minimum atomic E-state index is -0.527. The van der Waals surface area contributed by atoms with E-state index in [1.807, 2.05) is 57.2 Å². The van der Waals surface area contributed by atoms with Crippen LogP contribution in [0.1, 0.15) is 49.2 Å². The monoisotopic (exact) mass is 513 g/mol. The van der Waals surface area contributed by atoms with Gasteiger partial charge in [0.1, 0.15) is 5.60 Å². The van der Waals surface area contributed by atoms with Crippen LogP contribution >= 0.6 is 15.9 Å². The van der Waals surface area contributed by atoms with E-state index in [0.717, 1.165) is 26.9 Å². The van der Waals surface area contributed by atoms with E-state index in [2.05, 4.69) is 20.8 Å². The summed E-state index contributed by atoms with van der Waals surface area (Å²) < 4.78 is 11.5. The number of nitrogens with zero attached hydrogens (tertiary/aromatic N) is 3. The number of hydrogen-bond donors (Lipinski definition) is 0. The lowest BCUT2D eigenvalue weighted by atomic mass is 9.93. The second-order valence-electron chi connectivity index (χ2n) is 9.17. The predicted molar refractivity (Wildman–Crippen MR) is 129 cm³/mol. The molecule has 0 spiro atoms. The van der Waals surface area contributed by atoms with Crippen LogP contribution in [0.15, 0.2) is 41.0 Å². The van der Waals surface area contributed by atoms with Crippen LogP contribution in [0.5, 0.6) is 0 Å². The molecule has 0 saturated carbocycles. The van der Waals surface area contributed by atoms with Crippen LogP contribution in [0.25, 0.3) is 11.6 Å². The Morgan fingerprint density at radius 2 is 1.82 bits per heavy atom. The number of ether oxygens (including phenoxy) is 2. The van der Waals surface area contributed by atoms with Gasteiger partial charge in [0.05, 0.1) is 24.4 Å². The van der Waals surface area contributed by atoms with Gasteiger partial charge in [-0.25, -0.2) is 9.59 Å². The zero-order valence-corrected chi connectivity index (χ0v) is 20.9. The minimum Gasteiger partial charge on any atom is -0.465 e. The standard InChI is InChI=1S/C25H28BrN3O4/c1-25(2,3)33-24(31)29-11-9-28(10-12-29)22-19-8-6-5-7-18(19)20(23(30)32-4)14-16-13-17(26)15-27-21(16)22/h5-8,13-15,22H,9-12H2,1-4H3. The Hall–Kier alpha value is -2.71. The fourth-order valence-electron chi connectivity index (χ4n) is 4.31. The molecule has 0 bridgehead atoms. The molecule has 1 aliphatic heterocycles. The largest absolute Gasteiger partial charge is 0.465 e. The summed E-state index contributed by atoms with van der Waals surface area (Å²) in [6.07, 6.45) is 3.34. The van der Waals surface area contributed by atoms with E-state index in [-0.39, 0.29) is 18.1 Å². The summed E-state index contributed by atoms with van der Waals surface area (Å²) in [6.45, 7) is 8.03. The third-order valence-electron chi connectivity index (χ3n) is 5.76. The highest BCUT2D eigenvalue weighted by Crippen LogP contribution is 2.40. The maximum absolute atomic E-state index is 12.7. The number of aromatic nitrogens is 1. The third-order valence-corrected chi connectivity index (χ3v) is 6.19. The molecule has 1 unspecified atom stereocenters. The van der Waals surface area contributed by atoms with Gasteiger partial charge in [0.2, 0.25) is 0 Å². The third kappa shape index (κ3) is 4.96. The van der Waals surface area contributed by atoms with Gasteiger partial charge < -0.3 is 14.4 Å². The van der Waals surface area contributed by atoms with Crippen molar-refractivity contribution in [2.24, 2.45) is 0 Å². The van der Waals surface area contributed by atoms with Crippen LogP contribution in [-0.2, 0) is 14.3 Å². The summed E-state index contributed by atoms with van der Waals surface area (Å²) in [4.78, 5) is 34.1. The quantitative estimate of drug-likeness (QED) is 0.550. The fourth-order valence-corrected chi connectivity index (χ4v) is 4.66. The molecule has 0 radical (unpaired) electrons. The molecule has 33 heavy (non-hydrogen) atoms. The van der Waals surface area contributed by atoms with Gasteiger partial charge in [-0.2, -0.15) is 0 Å². The van der Waals surface area contributed by atoms with E-state index in [0.29, 0.717) is 31.8 Å². The molecule has 2 aliphatic rings. The van der Waals surface area contributed by atoms with Crippen LogP contribution in [0.2, 0.25) is 0 Å². The number of carbonyl (C=O) groups excluding carboxylic acids is 2. The first-order valence-corrected chi connectivity index (χ1v) is 11.7. The van der Waals surface area contributed by atoms with E-state index in [1.165, 1.54) is 7.11 Å². The summed E-state index contributed by atoms with van der Waals surface area (Å²) in [5.41, 5.74) is 3.53. The number of piperazine rings is 1. The number of fused-ring (bicyclic) bond motifs is 2. The van der Waals surface area contributed by atoms with Crippen molar-refractivity contribution in [1.82, 2.24) is 14.8 Å². The van der Waals surface area contributed by atoms with Gasteiger partial charge >= 0.3 is 12.1 Å². The van der Waals surface area contributed by atoms with Crippen LogP contribution < -0.4 is 0 Å². The Bertz CT molecular complexity index is 1100. The van der Waals surface area contributed by atoms with E-state index in [4.69, 9.17) is 14.5 Å². The van der Waals surface area contributed by atoms with Gasteiger partial charge in [0.25, 0.3) is 0 Å². The Kier molecular flexibility index (Phi) is 6.59. The van der Waals surface area contributed by atoms with E-state index in [9.17, 15) is 9.59 Å². The summed E-state index contributed by atoms with van der Waals surface area (Å²) in [5, 5.41) is 0. The van der Waals surface area contributed by atoms with Crippen molar-refractivity contribution in [3.05, 3.63) is 63.4 Å². The van der Waals surface area contributed by atoms with Crippen LogP contribution in [0, 0.1) is 0 Å². The van der Waals surface area contributed by atoms with Crippen molar-refractivity contribution in [3.8, 4) is 0 Å². The van der Waals surface area contributed by atoms with Gasteiger partial charge in [-0.05, 0) is 65.5 Å². The van der Waals surface area contributed by atoms with Crippen molar-refractivity contribution in [3.63, 3.8) is 0 Å². The maximum Gasteiger partial charge on any atom is 0.410 e. The number of halogens is 1. The SMILES string of the molecule is COC(=O)C1=Cc2cc(Br)cnc2C(N2CCN(C(=O)OC(C)(C)C)CC2)c2ccccc21. The molecule has 0 N–H and O–H groups in total. The number of methoxy groups -OCH3 is 1. The van der Waals surface area contributed by atoms with Gasteiger partial charge in [0, 0.05) is 36.8 Å². The van der Waals surface area contributed by atoms with Crippen molar-refractivity contribution < 1.29 is 19.1 Å². The van der Waals surface area contributed by atoms with Crippen molar-refractivity contribution in [2.45, 2.75) is 32.4 Å². The molecule has 1 fully saturated rings. The van der Waals surface area contributed by atoms with E-state index in [1.54, 1.807) is 11.1 Å². The lowest BCUT2D eigenvalue weighted by molar-refractivity contribution is -0.133. The first-order chi connectivity index (χ1) is 15.7. The average Bonchev–Trinajstić information content (AvgIpc) is 2.92. The first-order valence-electron chi connectivity index (χ1n) is 10.9. The number of carbonyl (C=O) groups is 2. The fraction of sp³-hybridized carbons (Fsp3) is 0.400. The second-order valence-corrected chi connectivity index (χ2v) is 10.1. The zero-order valence-electron chi connectivity index (χ0n) is 19.3. The lowest BCUT2D eigenvalue weighted by Gasteiger charge is -2.40. The predicted octanol–water partition coefficient (Wildman–Crippen LogP) is 4.51.